The highest BCUT2D eigenvalue weighted by atomic mass is 32.2. The zero-order chi connectivity index (χ0) is 18.4. The van der Waals surface area contributed by atoms with Gasteiger partial charge in [0.2, 0.25) is 10.0 Å². The first kappa shape index (κ1) is 18.6. The lowest BCUT2D eigenvalue weighted by molar-refractivity contribution is 0.146. The van der Waals surface area contributed by atoms with Crippen LogP contribution in [0.25, 0.3) is 5.57 Å². The Labute approximate surface area is 154 Å². The van der Waals surface area contributed by atoms with Gasteiger partial charge in [0.05, 0.1) is 11.5 Å². The minimum Gasteiger partial charge on any atom is -0.491 e. The van der Waals surface area contributed by atoms with E-state index < -0.39 is 10.0 Å². The molecule has 6 heteroatoms. The predicted octanol–water partition coefficient (Wildman–Crippen LogP) is 3.19. The maximum Gasteiger partial charge on any atom is 0.243 e. The molecule has 1 aliphatic rings. The van der Waals surface area contributed by atoms with E-state index in [1.165, 1.54) is 9.88 Å². The van der Waals surface area contributed by atoms with Gasteiger partial charge in [-0.3, -0.25) is 0 Å². The number of hydrogen-bond acceptors (Lipinski definition) is 4. The second kappa shape index (κ2) is 8.49. The maximum absolute atomic E-state index is 12.8. The van der Waals surface area contributed by atoms with Crippen molar-refractivity contribution in [2.75, 3.05) is 33.4 Å². The van der Waals surface area contributed by atoms with Crippen LogP contribution in [-0.4, -0.2) is 46.1 Å². The Balaban J connectivity index is 1.68. The Morgan fingerprint density at radius 1 is 1.00 bits per heavy atom. The Kier molecular flexibility index (Phi) is 6.08. The Morgan fingerprint density at radius 3 is 2.35 bits per heavy atom. The molecule has 1 aliphatic heterocycles. The van der Waals surface area contributed by atoms with Gasteiger partial charge in [0.1, 0.15) is 12.4 Å². The zero-order valence-corrected chi connectivity index (χ0v) is 15.6. The van der Waals surface area contributed by atoms with Crippen molar-refractivity contribution in [2.24, 2.45) is 0 Å². The van der Waals surface area contributed by atoms with Crippen molar-refractivity contribution >= 4 is 15.6 Å². The molecule has 0 fully saturated rings. The van der Waals surface area contributed by atoms with Crippen LogP contribution in [0.4, 0.5) is 0 Å². The fraction of sp³-hybridized carbons (Fsp3) is 0.300. The highest BCUT2D eigenvalue weighted by Crippen LogP contribution is 2.26. The van der Waals surface area contributed by atoms with Crippen molar-refractivity contribution in [3.63, 3.8) is 0 Å². The molecule has 0 aromatic heterocycles. The van der Waals surface area contributed by atoms with E-state index in [2.05, 4.69) is 12.1 Å². The molecule has 1 heterocycles. The second-order valence-electron chi connectivity index (χ2n) is 6.02. The average Bonchev–Trinajstić information content (AvgIpc) is 2.69. The summed E-state index contributed by atoms with van der Waals surface area (Å²) in [6.45, 7) is 1.79. The average molecular weight is 373 g/mol. The van der Waals surface area contributed by atoms with Crippen molar-refractivity contribution in [3.8, 4) is 5.75 Å². The summed E-state index contributed by atoms with van der Waals surface area (Å²) in [5.74, 6) is 0.630. The summed E-state index contributed by atoms with van der Waals surface area (Å²) < 4.78 is 37.6. The standard InChI is InChI=1S/C20H23NO4S/c1-24-15-16-25-19-7-9-20(10-8-19)26(22,23)21-13-11-18(12-14-21)17-5-3-2-4-6-17/h2-11H,12-16H2,1H3. The molecule has 0 unspecified atom stereocenters. The van der Waals surface area contributed by atoms with Crippen LogP contribution in [0.5, 0.6) is 5.75 Å². The molecule has 0 bridgehead atoms. The molecule has 138 valence electrons. The van der Waals surface area contributed by atoms with Crippen LogP contribution in [0.2, 0.25) is 0 Å². The van der Waals surface area contributed by atoms with Gasteiger partial charge in [-0.15, -0.1) is 0 Å². The van der Waals surface area contributed by atoms with Crippen LogP contribution in [0.15, 0.2) is 65.6 Å². The second-order valence-corrected chi connectivity index (χ2v) is 7.96. The molecule has 0 amide bonds. The minimum absolute atomic E-state index is 0.285. The summed E-state index contributed by atoms with van der Waals surface area (Å²) in [6, 6.07) is 16.6. The molecular formula is C20H23NO4S. The maximum atomic E-state index is 12.8. The van der Waals surface area contributed by atoms with Crippen molar-refractivity contribution < 1.29 is 17.9 Å². The monoisotopic (exact) mass is 373 g/mol. The first-order chi connectivity index (χ1) is 12.6. The van der Waals surface area contributed by atoms with Crippen LogP contribution in [0.3, 0.4) is 0 Å². The number of rotatable bonds is 7. The van der Waals surface area contributed by atoms with Crippen molar-refractivity contribution in [2.45, 2.75) is 11.3 Å². The molecule has 0 atom stereocenters. The normalized spacial score (nSPS) is 15.5. The molecule has 0 N–H and O–H groups in total. The fourth-order valence-corrected chi connectivity index (χ4v) is 4.26. The smallest absolute Gasteiger partial charge is 0.243 e. The van der Waals surface area contributed by atoms with Crippen molar-refractivity contribution in [3.05, 3.63) is 66.2 Å². The molecule has 0 aliphatic carbocycles. The van der Waals surface area contributed by atoms with Gasteiger partial charge in [-0.1, -0.05) is 36.4 Å². The van der Waals surface area contributed by atoms with Gasteiger partial charge >= 0.3 is 0 Å². The first-order valence-corrected chi connectivity index (χ1v) is 10.0. The van der Waals surface area contributed by atoms with Crippen molar-refractivity contribution in [1.82, 2.24) is 4.31 Å². The summed E-state index contributed by atoms with van der Waals surface area (Å²) in [6.07, 6.45) is 2.71. The quantitative estimate of drug-likeness (QED) is 0.700. The highest BCUT2D eigenvalue weighted by Gasteiger charge is 2.26. The molecule has 26 heavy (non-hydrogen) atoms. The lowest BCUT2D eigenvalue weighted by Gasteiger charge is -2.26. The molecule has 0 saturated heterocycles. The van der Waals surface area contributed by atoms with Gasteiger partial charge in [0.25, 0.3) is 0 Å². The van der Waals surface area contributed by atoms with E-state index in [0.717, 1.165) is 5.56 Å². The van der Waals surface area contributed by atoms with Crippen LogP contribution in [0, 0.1) is 0 Å². The number of sulfonamides is 1. The lowest BCUT2D eigenvalue weighted by Crippen LogP contribution is -2.34. The summed E-state index contributed by atoms with van der Waals surface area (Å²) >= 11 is 0. The first-order valence-electron chi connectivity index (χ1n) is 8.57. The highest BCUT2D eigenvalue weighted by molar-refractivity contribution is 7.89. The van der Waals surface area contributed by atoms with Crippen LogP contribution < -0.4 is 4.74 Å². The van der Waals surface area contributed by atoms with E-state index in [-0.39, 0.29) is 4.90 Å². The summed E-state index contributed by atoms with van der Waals surface area (Å²) in [4.78, 5) is 0.285. The van der Waals surface area contributed by atoms with Crippen LogP contribution in [-0.2, 0) is 14.8 Å². The summed E-state index contributed by atoms with van der Waals surface area (Å²) in [5.41, 5.74) is 2.35. The molecule has 2 aromatic rings. The number of methoxy groups -OCH3 is 1. The topological polar surface area (TPSA) is 55.8 Å². The Morgan fingerprint density at radius 2 is 1.73 bits per heavy atom. The Hall–Kier alpha value is -2.15. The summed E-state index contributed by atoms with van der Waals surface area (Å²) in [5, 5.41) is 0. The molecular weight excluding hydrogens is 350 g/mol. The summed E-state index contributed by atoms with van der Waals surface area (Å²) in [7, 11) is -1.89. The van der Waals surface area contributed by atoms with E-state index in [9.17, 15) is 8.42 Å². The number of benzene rings is 2. The van der Waals surface area contributed by atoms with E-state index in [1.54, 1.807) is 31.4 Å². The molecule has 0 radical (unpaired) electrons. The molecule has 3 rings (SSSR count). The van der Waals surface area contributed by atoms with Crippen LogP contribution >= 0.6 is 0 Å². The van der Waals surface area contributed by atoms with E-state index in [4.69, 9.17) is 9.47 Å². The predicted molar refractivity (Wildman–Crippen MR) is 102 cm³/mol. The van der Waals surface area contributed by atoms with Gasteiger partial charge in [-0.25, -0.2) is 8.42 Å². The van der Waals surface area contributed by atoms with Gasteiger partial charge in [-0.2, -0.15) is 4.31 Å². The third kappa shape index (κ3) is 4.33. The largest absolute Gasteiger partial charge is 0.491 e. The lowest BCUT2D eigenvalue weighted by atomic mass is 10.0. The van der Waals surface area contributed by atoms with Gasteiger partial charge in [0.15, 0.2) is 0 Å². The van der Waals surface area contributed by atoms with E-state index >= 15 is 0 Å². The third-order valence-corrected chi connectivity index (χ3v) is 6.21. The molecule has 5 nitrogen and oxygen atoms in total. The molecule has 2 aromatic carbocycles. The minimum atomic E-state index is -3.50. The van der Waals surface area contributed by atoms with Gasteiger partial charge in [0, 0.05) is 20.2 Å². The molecule has 0 spiro atoms. The van der Waals surface area contributed by atoms with Crippen LogP contribution in [0.1, 0.15) is 12.0 Å². The van der Waals surface area contributed by atoms with E-state index in [0.29, 0.717) is 38.5 Å². The SMILES string of the molecule is COCCOc1ccc(S(=O)(=O)N2CC=C(c3ccccc3)CC2)cc1. The molecule has 0 saturated carbocycles. The van der Waals surface area contributed by atoms with Gasteiger partial charge < -0.3 is 9.47 Å². The number of ether oxygens (including phenoxy) is 2. The van der Waals surface area contributed by atoms with Gasteiger partial charge in [-0.05, 0) is 41.8 Å². The zero-order valence-electron chi connectivity index (χ0n) is 14.8. The van der Waals surface area contributed by atoms with Crippen molar-refractivity contribution in [1.29, 1.82) is 0 Å². The third-order valence-electron chi connectivity index (χ3n) is 4.33. The Bertz CT molecular complexity index is 845. The number of hydrogen-bond donors (Lipinski definition) is 0. The fourth-order valence-electron chi connectivity index (χ4n) is 2.88. The van der Waals surface area contributed by atoms with E-state index in [1.807, 2.05) is 24.3 Å². The number of nitrogens with zero attached hydrogens (tertiary/aromatic N) is 1.